The fraction of sp³-hybridized carbons (Fsp3) is 0.133. The van der Waals surface area contributed by atoms with E-state index >= 15 is 0 Å². The average molecular weight is 473 g/mol. The highest BCUT2D eigenvalue weighted by molar-refractivity contribution is 5.97. The van der Waals surface area contributed by atoms with Crippen LogP contribution < -0.4 is 4.90 Å². The van der Waals surface area contributed by atoms with Gasteiger partial charge in [-0.15, -0.1) is 0 Å². The van der Waals surface area contributed by atoms with E-state index in [1.165, 1.54) is 10.9 Å². The normalized spacial score (nSPS) is 10.8. The van der Waals surface area contributed by atoms with Crippen LogP contribution in [-0.2, 0) is 13.6 Å². The number of aromatic nitrogens is 5. The summed E-state index contributed by atoms with van der Waals surface area (Å²) in [5.74, 6) is 0. The van der Waals surface area contributed by atoms with E-state index in [0.717, 1.165) is 39.1 Å². The number of hydrogen-bond acceptors (Lipinski definition) is 5. The van der Waals surface area contributed by atoms with E-state index in [0.29, 0.717) is 6.54 Å². The molecule has 0 spiro atoms. The van der Waals surface area contributed by atoms with Crippen LogP contribution in [0.2, 0.25) is 0 Å². The molecule has 0 saturated carbocycles. The quantitative estimate of drug-likeness (QED) is 0.272. The summed E-state index contributed by atoms with van der Waals surface area (Å²) in [7, 11) is 2.07. The molecule has 0 N–H and O–H groups in total. The predicted molar refractivity (Wildman–Crippen MR) is 147 cm³/mol. The van der Waals surface area contributed by atoms with Crippen molar-refractivity contribution in [2.75, 3.05) is 4.90 Å². The molecular formula is C30H28N6. The lowest BCUT2D eigenvalue weighted by atomic mass is 10.0. The molecule has 0 amide bonds. The Kier molecular flexibility index (Phi) is 6.67. The van der Waals surface area contributed by atoms with Crippen molar-refractivity contribution in [2.45, 2.75) is 20.4 Å². The van der Waals surface area contributed by atoms with E-state index in [4.69, 9.17) is 4.98 Å². The van der Waals surface area contributed by atoms with Gasteiger partial charge in [-0.25, -0.2) is 0 Å². The Morgan fingerprint density at radius 3 is 2.42 bits per heavy atom. The molecule has 6 aromatic rings. The van der Waals surface area contributed by atoms with Crippen molar-refractivity contribution in [3.05, 3.63) is 110 Å². The zero-order chi connectivity index (χ0) is 24.9. The highest BCUT2D eigenvalue weighted by Crippen LogP contribution is 2.36. The van der Waals surface area contributed by atoms with E-state index in [-0.39, 0.29) is 0 Å². The first kappa shape index (κ1) is 23.2. The number of aryl methyl sites for hydroxylation is 1. The van der Waals surface area contributed by atoms with Crippen molar-refractivity contribution in [2.24, 2.45) is 7.05 Å². The molecule has 0 aliphatic carbocycles. The summed E-state index contributed by atoms with van der Waals surface area (Å²) in [6.45, 7) is 4.68. The van der Waals surface area contributed by atoms with Crippen molar-refractivity contribution >= 4 is 33.3 Å². The lowest BCUT2D eigenvalue weighted by Gasteiger charge is -2.26. The Labute approximate surface area is 210 Å². The molecule has 0 aliphatic rings. The Balaban J connectivity index is 0.00000130. The molecule has 4 heterocycles. The van der Waals surface area contributed by atoms with Crippen LogP contribution in [0.15, 0.2) is 104 Å². The smallest absolute Gasteiger partial charge is 0.0966 e. The van der Waals surface area contributed by atoms with Crippen LogP contribution in [0.1, 0.15) is 19.4 Å². The van der Waals surface area contributed by atoms with Crippen LogP contribution in [0.3, 0.4) is 0 Å². The second-order valence-corrected chi connectivity index (χ2v) is 8.27. The fourth-order valence-electron chi connectivity index (χ4n) is 4.38. The zero-order valence-corrected chi connectivity index (χ0v) is 20.7. The van der Waals surface area contributed by atoms with Gasteiger partial charge < -0.3 is 9.47 Å². The molecule has 0 atom stereocenters. The van der Waals surface area contributed by atoms with Crippen LogP contribution in [0.25, 0.3) is 33.1 Å². The first-order chi connectivity index (χ1) is 17.8. The van der Waals surface area contributed by atoms with Gasteiger partial charge in [-0.3, -0.25) is 19.9 Å². The van der Waals surface area contributed by atoms with Gasteiger partial charge >= 0.3 is 0 Å². The standard InChI is InChI=1S/C28H22N6.C2H6/c1-33-14-8-21-4-5-22(15-27(21)33)25-16-24(17-26-28(25)32-13-12-31-26)34(23-3-2-9-30-18-23)19-20-6-10-29-11-7-20;1-2/h2-18H,19H2,1H3;1-2H3. The molecule has 6 heteroatoms. The van der Waals surface area contributed by atoms with E-state index in [2.05, 4.69) is 80.1 Å². The van der Waals surface area contributed by atoms with Crippen molar-refractivity contribution in [3.8, 4) is 11.1 Å². The van der Waals surface area contributed by atoms with Gasteiger partial charge in [0.05, 0.1) is 22.9 Å². The van der Waals surface area contributed by atoms with Gasteiger partial charge in [-0.05, 0) is 65.0 Å². The Morgan fingerprint density at radius 2 is 1.61 bits per heavy atom. The molecule has 0 saturated heterocycles. The molecule has 0 aliphatic heterocycles. The summed E-state index contributed by atoms with van der Waals surface area (Å²) in [6, 6.07) is 21.1. The maximum Gasteiger partial charge on any atom is 0.0966 e. The molecule has 178 valence electrons. The van der Waals surface area contributed by atoms with Gasteiger partial charge in [-0.2, -0.15) is 0 Å². The van der Waals surface area contributed by atoms with Gasteiger partial charge in [0.25, 0.3) is 0 Å². The Morgan fingerprint density at radius 1 is 0.778 bits per heavy atom. The molecule has 0 radical (unpaired) electrons. The zero-order valence-electron chi connectivity index (χ0n) is 20.7. The van der Waals surface area contributed by atoms with Crippen LogP contribution >= 0.6 is 0 Å². The minimum Gasteiger partial charge on any atom is -0.351 e. The Bertz CT molecular complexity index is 1590. The molecule has 0 unspecified atom stereocenters. The number of fused-ring (bicyclic) bond motifs is 2. The van der Waals surface area contributed by atoms with Gasteiger partial charge in [0.1, 0.15) is 0 Å². The maximum absolute atomic E-state index is 4.70. The summed E-state index contributed by atoms with van der Waals surface area (Å²) in [5.41, 5.74) is 8.27. The van der Waals surface area contributed by atoms with Gasteiger partial charge in [0.15, 0.2) is 0 Å². The maximum atomic E-state index is 4.70. The van der Waals surface area contributed by atoms with Gasteiger partial charge in [-0.1, -0.05) is 26.0 Å². The van der Waals surface area contributed by atoms with Crippen molar-refractivity contribution in [3.63, 3.8) is 0 Å². The lowest BCUT2D eigenvalue weighted by molar-refractivity contribution is 0.964. The number of hydrogen-bond donors (Lipinski definition) is 0. The molecule has 6 rings (SSSR count). The molecule has 2 aromatic carbocycles. The summed E-state index contributed by atoms with van der Waals surface area (Å²) in [5, 5.41) is 1.22. The van der Waals surface area contributed by atoms with E-state index in [1.807, 2.05) is 50.6 Å². The minimum atomic E-state index is 0.677. The summed E-state index contributed by atoms with van der Waals surface area (Å²) < 4.78 is 2.14. The SMILES string of the molecule is CC.Cn1ccc2ccc(-c3cc(N(Cc4ccncc4)c4cccnc4)cc4nccnc34)cc21. The molecular weight excluding hydrogens is 444 g/mol. The molecule has 0 fully saturated rings. The van der Waals surface area contributed by atoms with E-state index in [9.17, 15) is 0 Å². The van der Waals surface area contributed by atoms with Crippen molar-refractivity contribution in [1.82, 2.24) is 24.5 Å². The molecule has 6 nitrogen and oxygen atoms in total. The summed E-state index contributed by atoms with van der Waals surface area (Å²) in [6.07, 6.45) is 12.9. The van der Waals surface area contributed by atoms with Crippen LogP contribution in [-0.4, -0.2) is 24.5 Å². The third-order valence-corrected chi connectivity index (χ3v) is 6.12. The number of pyridine rings is 2. The first-order valence-electron chi connectivity index (χ1n) is 12.1. The largest absolute Gasteiger partial charge is 0.351 e. The van der Waals surface area contributed by atoms with E-state index < -0.39 is 0 Å². The van der Waals surface area contributed by atoms with E-state index in [1.54, 1.807) is 18.6 Å². The molecule has 4 aromatic heterocycles. The van der Waals surface area contributed by atoms with Crippen LogP contribution in [0.5, 0.6) is 0 Å². The van der Waals surface area contributed by atoms with Crippen molar-refractivity contribution < 1.29 is 0 Å². The molecule has 36 heavy (non-hydrogen) atoms. The lowest BCUT2D eigenvalue weighted by Crippen LogP contribution is -2.17. The number of rotatable bonds is 5. The highest BCUT2D eigenvalue weighted by atomic mass is 15.1. The van der Waals surface area contributed by atoms with Crippen LogP contribution in [0.4, 0.5) is 11.4 Å². The predicted octanol–water partition coefficient (Wildman–Crippen LogP) is 6.94. The third-order valence-electron chi connectivity index (χ3n) is 6.12. The second-order valence-electron chi connectivity index (χ2n) is 8.27. The number of benzene rings is 2. The highest BCUT2D eigenvalue weighted by Gasteiger charge is 2.16. The topological polar surface area (TPSA) is 59.7 Å². The second kappa shape index (κ2) is 10.4. The first-order valence-corrected chi connectivity index (χ1v) is 12.1. The van der Waals surface area contributed by atoms with Crippen LogP contribution in [0, 0.1) is 0 Å². The number of nitrogens with zero attached hydrogens (tertiary/aromatic N) is 6. The number of anilines is 2. The fourth-order valence-corrected chi connectivity index (χ4v) is 4.38. The summed E-state index contributed by atoms with van der Waals surface area (Å²) in [4.78, 5) is 20.1. The van der Waals surface area contributed by atoms with Gasteiger partial charge in [0, 0.05) is 67.5 Å². The third kappa shape index (κ3) is 4.53. The average Bonchev–Trinajstić information content (AvgIpc) is 3.33. The molecule has 0 bridgehead atoms. The van der Waals surface area contributed by atoms with Crippen molar-refractivity contribution in [1.29, 1.82) is 0 Å². The minimum absolute atomic E-state index is 0.677. The Hall–Kier alpha value is -4.58. The monoisotopic (exact) mass is 472 g/mol. The van der Waals surface area contributed by atoms with Gasteiger partial charge in [0.2, 0.25) is 0 Å². The summed E-state index contributed by atoms with van der Waals surface area (Å²) >= 11 is 0.